The smallest absolute Gasteiger partial charge is 0.124 e. The van der Waals surface area contributed by atoms with E-state index in [1.807, 2.05) is 19.1 Å². The van der Waals surface area contributed by atoms with E-state index in [0.717, 1.165) is 56.2 Å². The third-order valence-corrected chi connectivity index (χ3v) is 6.60. The van der Waals surface area contributed by atoms with Gasteiger partial charge in [-0.15, -0.1) is 0 Å². The van der Waals surface area contributed by atoms with Gasteiger partial charge in [0.25, 0.3) is 0 Å². The van der Waals surface area contributed by atoms with E-state index in [9.17, 15) is 10.2 Å². The first kappa shape index (κ1) is 24.5. The van der Waals surface area contributed by atoms with E-state index in [1.54, 1.807) is 7.11 Å². The Bertz CT molecular complexity index is 886. The van der Waals surface area contributed by atoms with Gasteiger partial charge < -0.3 is 19.7 Å². The lowest BCUT2D eigenvalue weighted by Gasteiger charge is -2.42. The number of aliphatic hydroxyl groups excluding tert-OH is 2. The molecule has 3 rings (SSSR count). The van der Waals surface area contributed by atoms with Crippen LogP contribution in [0.15, 0.2) is 30.3 Å². The van der Waals surface area contributed by atoms with Crippen LogP contribution in [-0.4, -0.2) is 66.0 Å². The molecule has 0 unspecified atom stereocenters. The third kappa shape index (κ3) is 5.81. The first-order valence-electron chi connectivity index (χ1n) is 11.6. The van der Waals surface area contributed by atoms with Gasteiger partial charge in [-0.2, -0.15) is 0 Å². The molecular formula is C26H38N2O4. The number of ether oxygens (including phenoxy) is 2. The summed E-state index contributed by atoms with van der Waals surface area (Å²) in [7, 11) is 1.71. The second-order valence-electron chi connectivity index (χ2n) is 8.58. The number of piperazine rings is 1. The van der Waals surface area contributed by atoms with Crippen LogP contribution in [-0.2, 0) is 19.7 Å². The van der Waals surface area contributed by atoms with Crippen LogP contribution in [0.1, 0.15) is 41.2 Å². The van der Waals surface area contributed by atoms with Crippen LogP contribution in [0.5, 0.6) is 11.5 Å². The standard InChI is InChI=1S/C26H38N2O4/c1-5-32-26-8-6-21(14-23(26)18-30)15-27-11-12-28(24(17-27)10-13-29)16-22-7-9-25(31-4)20(3)19(22)2/h6-9,14,24,29-30H,5,10-13,15-18H2,1-4H3/t24-/m1/s1. The van der Waals surface area contributed by atoms with Crippen molar-refractivity contribution in [3.63, 3.8) is 0 Å². The van der Waals surface area contributed by atoms with Crippen LogP contribution in [0, 0.1) is 13.8 Å². The summed E-state index contributed by atoms with van der Waals surface area (Å²) in [4.78, 5) is 4.94. The summed E-state index contributed by atoms with van der Waals surface area (Å²) in [6.07, 6.45) is 0.760. The predicted molar refractivity (Wildman–Crippen MR) is 127 cm³/mol. The van der Waals surface area contributed by atoms with E-state index in [-0.39, 0.29) is 13.2 Å². The Balaban J connectivity index is 1.68. The molecule has 2 aromatic rings. The van der Waals surface area contributed by atoms with Crippen molar-refractivity contribution in [1.29, 1.82) is 0 Å². The molecule has 0 amide bonds. The van der Waals surface area contributed by atoms with Crippen LogP contribution in [0.25, 0.3) is 0 Å². The highest BCUT2D eigenvalue weighted by Crippen LogP contribution is 2.27. The molecule has 6 nitrogen and oxygen atoms in total. The molecule has 32 heavy (non-hydrogen) atoms. The molecule has 0 spiro atoms. The van der Waals surface area contributed by atoms with E-state index < -0.39 is 0 Å². The molecule has 0 aromatic heterocycles. The maximum absolute atomic E-state index is 9.70. The molecule has 2 aromatic carbocycles. The summed E-state index contributed by atoms with van der Waals surface area (Å²) in [5.41, 5.74) is 5.80. The van der Waals surface area contributed by atoms with Gasteiger partial charge in [0.1, 0.15) is 11.5 Å². The molecule has 6 heteroatoms. The van der Waals surface area contributed by atoms with Gasteiger partial charge >= 0.3 is 0 Å². The highest BCUT2D eigenvalue weighted by molar-refractivity contribution is 5.43. The Hall–Kier alpha value is -2.12. The number of rotatable bonds is 10. The van der Waals surface area contributed by atoms with Crippen molar-refractivity contribution < 1.29 is 19.7 Å². The molecular weight excluding hydrogens is 404 g/mol. The predicted octanol–water partition coefficient (Wildman–Crippen LogP) is 3.27. The van der Waals surface area contributed by atoms with Crippen molar-refractivity contribution in [2.75, 3.05) is 40.0 Å². The van der Waals surface area contributed by atoms with Crippen LogP contribution >= 0.6 is 0 Å². The van der Waals surface area contributed by atoms with E-state index in [0.29, 0.717) is 12.6 Å². The molecule has 1 aliphatic rings. The number of hydrogen-bond donors (Lipinski definition) is 2. The lowest BCUT2D eigenvalue weighted by atomic mass is 10.00. The maximum Gasteiger partial charge on any atom is 0.124 e. The van der Waals surface area contributed by atoms with Crippen molar-refractivity contribution in [3.8, 4) is 11.5 Å². The fraction of sp³-hybridized carbons (Fsp3) is 0.538. The Morgan fingerprint density at radius 3 is 2.44 bits per heavy atom. The molecule has 0 bridgehead atoms. The van der Waals surface area contributed by atoms with Gasteiger partial charge in [0.05, 0.1) is 20.3 Å². The quantitative estimate of drug-likeness (QED) is 0.589. The second-order valence-corrected chi connectivity index (χ2v) is 8.58. The summed E-state index contributed by atoms with van der Waals surface area (Å²) in [6, 6.07) is 10.6. The lowest BCUT2D eigenvalue weighted by Crippen LogP contribution is -2.52. The molecule has 2 N–H and O–H groups in total. The third-order valence-electron chi connectivity index (χ3n) is 6.60. The van der Waals surface area contributed by atoms with Crippen LogP contribution in [0.2, 0.25) is 0 Å². The van der Waals surface area contributed by atoms with Crippen LogP contribution < -0.4 is 9.47 Å². The molecule has 0 saturated carbocycles. The monoisotopic (exact) mass is 442 g/mol. The summed E-state index contributed by atoms with van der Waals surface area (Å²) in [6.45, 7) is 11.5. The average molecular weight is 443 g/mol. The average Bonchev–Trinajstić information content (AvgIpc) is 2.80. The normalized spacial score (nSPS) is 17.5. The van der Waals surface area contributed by atoms with E-state index >= 15 is 0 Å². The minimum Gasteiger partial charge on any atom is -0.496 e. The maximum atomic E-state index is 9.70. The highest BCUT2D eigenvalue weighted by atomic mass is 16.5. The van der Waals surface area contributed by atoms with Gasteiger partial charge in [-0.05, 0) is 67.6 Å². The van der Waals surface area contributed by atoms with Crippen LogP contribution in [0.3, 0.4) is 0 Å². The Kier molecular flexibility index (Phi) is 8.93. The van der Waals surface area contributed by atoms with Crippen molar-refractivity contribution in [2.24, 2.45) is 0 Å². The van der Waals surface area contributed by atoms with E-state index in [2.05, 4.69) is 41.8 Å². The number of methoxy groups -OCH3 is 1. The summed E-state index contributed by atoms with van der Waals surface area (Å²) in [5.74, 6) is 1.69. The van der Waals surface area contributed by atoms with E-state index in [4.69, 9.17) is 9.47 Å². The van der Waals surface area contributed by atoms with Crippen molar-refractivity contribution in [3.05, 3.63) is 58.1 Å². The largest absolute Gasteiger partial charge is 0.496 e. The van der Waals surface area contributed by atoms with Gasteiger partial charge in [0.15, 0.2) is 0 Å². The topological polar surface area (TPSA) is 65.4 Å². The summed E-state index contributed by atoms with van der Waals surface area (Å²) in [5, 5.41) is 19.4. The first-order valence-corrected chi connectivity index (χ1v) is 11.6. The Morgan fingerprint density at radius 1 is 0.969 bits per heavy atom. The molecule has 1 saturated heterocycles. The Labute approximate surface area is 192 Å². The zero-order valence-corrected chi connectivity index (χ0v) is 19.9. The number of hydrogen-bond acceptors (Lipinski definition) is 6. The number of benzene rings is 2. The van der Waals surface area contributed by atoms with Crippen molar-refractivity contribution in [2.45, 2.75) is 52.9 Å². The zero-order chi connectivity index (χ0) is 23.1. The Morgan fingerprint density at radius 2 is 1.75 bits per heavy atom. The molecule has 0 aliphatic carbocycles. The summed E-state index contributed by atoms with van der Waals surface area (Å²) >= 11 is 0. The lowest BCUT2D eigenvalue weighted by molar-refractivity contribution is 0.0498. The van der Waals surface area contributed by atoms with Crippen molar-refractivity contribution in [1.82, 2.24) is 9.80 Å². The summed E-state index contributed by atoms with van der Waals surface area (Å²) < 4.78 is 11.1. The van der Waals surface area contributed by atoms with Gasteiger partial charge in [0.2, 0.25) is 0 Å². The molecule has 0 radical (unpaired) electrons. The molecule has 1 fully saturated rings. The minimum absolute atomic E-state index is 0.0231. The fourth-order valence-electron chi connectivity index (χ4n) is 4.60. The minimum atomic E-state index is -0.0231. The number of nitrogens with zero attached hydrogens (tertiary/aromatic N) is 2. The number of aliphatic hydroxyl groups is 2. The fourth-order valence-corrected chi connectivity index (χ4v) is 4.60. The zero-order valence-electron chi connectivity index (χ0n) is 19.9. The molecule has 176 valence electrons. The first-order chi connectivity index (χ1) is 15.5. The SMILES string of the molecule is CCOc1ccc(CN2CCN(Cc3ccc(OC)c(C)c3C)[C@H](CCO)C2)cc1CO. The highest BCUT2D eigenvalue weighted by Gasteiger charge is 2.27. The molecule has 1 aliphatic heterocycles. The van der Waals surface area contributed by atoms with Gasteiger partial charge in [-0.3, -0.25) is 9.80 Å². The van der Waals surface area contributed by atoms with Crippen LogP contribution in [0.4, 0.5) is 0 Å². The van der Waals surface area contributed by atoms with E-state index in [1.165, 1.54) is 22.3 Å². The van der Waals surface area contributed by atoms with Gasteiger partial charge in [0, 0.05) is 50.9 Å². The second kappa shape index (κ2) is 11.7. The van der Waals surface area contributed by atoms with Crippen molar-refractivity contribution >= 4 is 0 Å². The molecule has 1 heterocycles. The molecule has 1 atom stereocenters. The van der Waals surface area contributed by atoms with Gasteiger partial charge in [-0.25, -0.2) is 0 Å². The van der Waals surface area contributed by atoms with Gasteiger partial charge in [-0.1, -0.05) is 12.1 Å².